The largest absolute Gasteiger partial charge is 0.870 e. The van der Waals surface area contributed by atoms with Crippen LogP contribution < -0.4 is 10.2 Å². The fourth-order valence-electron chi connectivity index (χ4n) is 0. The van der Waals surface area contributed by atoms with Crippen molar-refractivity contribution in [2.24, 2.45) is 0 Å². The van der Waals surface area contributed by atoms with E-state index < -0.39 is 11.9 Å². The van der Waals surface area contributed by atoms with Crippen LogP contribution in [0, 0.1) is 0 Å². The molecule has 0 saturated carbocycles. The van der Waals surface area contributed by atoms with Crippen molar-refractivity contribution in [2.45, 2.75) is 0 Å². The Morgan fingerprint density at radius 1 is 0.727 bits per heavy atom. The zero-order valence-corrected chi connectivity index (χ0v) is 6.48. The Kier molecular flexibility index (Phi) is 96.6. The Morgan fingerprint density at radius 2 is 0.818 bits per heavy atom. The molecular weight excluding hydrogens is 200 g/mol. The number of carboxylic acids is 2. The summed E-state index contributed by atoms with van der Waals surface area (Å²) in [5.41, 5.74) is 0. The van der Waals surface area contributed by atoms with Crippen LogP contribution in [0.4, 0.5) is 0 Å². The van der Waals surface area contributed by atoms with Crippen LogP contribution in [0.15, 0.2) is 0 Å². The smallest absolute Gasteiger partial charge is 0.0870 e. The molecule has 0 atom stereocenters. The van der Waals surface area contributed by atoms with Gasteiger partial charge in [0.05, 0.1) is 11.9 Å². The zero-order chi connectivity index (χ0) is 5.15. The molecule has 0 unspecified atom stereocenters. The van der Waals surface area contributed by atoms with Gasteiger partial charge >= 0.3 is 0 Å². The fraction of sp³-hybridized carbons (Fsp3) is 0. The molecule has 0 fully saturated rings. The summed E-state index contributed by atoms with van der Waals surface area (Å²) >= 11 is 0. The summed E-state index contributed by atoms with van der Waals surface area (Å²) in [7, 11) is 0. The normalized spacial score (nSPS) is 4.00. The number of carbonyl (C=O) groups excluding carboxylic acids is 2. The summed E-state index contributed by atoms with van der Waals surface area (Å²) in [5.74, 6) is -4.37. The summed E-state index contributed by atoms with van der Waals surface area (Å²) in [4.78, 5) is 17.9. The molecular formula is C2H4O8Ti-6. The molecule has 11 heavy (non-hydrogen) atoms. The van der Waals surface area contributed by atoms with Gasteiger partial charge in [-0.05, 0) is 0 Å². The minimum atomic E-state index is -2.19. The van der Waals surface area contributed by atoms with Crippen molar-refractivity contribution >= 4 is 11.9 Å². The summed E-state index contributed by atoms with van der Waals surface area (Å²) in [6, 6.07) is 0. The third-order valence-electron chi connectivity index (χ3n) is 0.167. The first kappa shape index (κ1) is 46.8. The van der Waals surface area contributed by atoms with Crippen molar-refractivity contribution in [2.75, 3.05) is 0 Å². The summed E-state index contributed by atoms with van der Waals surface area (Å²) < 4.78 is 0. The van der Waals surface area contributed by atoms with Crippen LogP contribution in [0.25, 0.3) is 0 Å². The maximum atomic E-state index is 8.93. The average Bonchev–Trinajstić information content (AvgIpc) is 1.36. The maximum absolute atomic E-state index is 8.93. The van der Waals surface area contributed by atoms with E-state index in [9.17, 15) is 0 Å². The number of carbonyl (C=O) groups is 2. The minimum absolute atomic E-state index is 0. The van der Waals surface area contributed by atoms with E-state index in [1.165, 1.54) is 0 Å². The predicted molar refractivity (Wildman–Crippen MR) is 17.8 cm³/mol. The van der Waals surface area contributed by atoms with Crippen LogP contribution in [0.1, 0.15) is 0 Å². The molecule has 0 aliphatic heterocycles. The van der Waals surface area contributed by atoms with Gasteiger partial charge in [0, 0.05) is 21.7 Å². The molecule has 0 spiro atoms. The molecule has 0 aromatic carbocycles. The van der Waals surface area contributed by atoms with Gasteiger partial charge in [0.1, 0.15) is 0 Å². The van der Waals surface area contributed by atoms with Crippen molar-refractivity contribution < 1.29 is 63.4 Å². The van der Waals surface area contributed by atoms with Crippen LogP contribution in [0.2, 0.25) is 0 Å². The van der Waals surface area contributed by atoms with E-state index >= 15 is 0 Å². The number of aliphatic carboxylic acids is 2. The summed E-state index contributed by atoms with van der Waals surface area (Å²) in [6.07, 6.45) is 0. The molecule has 0 aromatic heterocycles. The van der Waals surface area contributed by atoms with E-state index in [1.807, 2.05) is 0 Å². The van der Waals surface area contributed by atoms with Crippen molar-refractivity contribution in [3.05, 3.63) is 0 Å². The van der Waals surface area contributed by atoms with Crippen molar-refractivity contribution in [1.82, 2.24) is 0 Å². The number of carboxylic acid groups (broad SMARTS) is 2. The molecule has 8 nitrogen and oxygen atoms in total. The van der Waals surface area contributed by atoms with E-state index in [4.69, 9.17) is 19.8 Å². The SMILES string of the molecule is O=C([O-])C(=O)[O-].[OH-].[OH-].[OH-].[OH-].[Ti]. The van der Waals surface area contributed by atoms with Gasteiger partial charge < -0.3 is 41.7 Å². The first-order chi connectivity index (χ1) is 2.64. The molecule has 0 amide bonds. The molecule has 0 aliphatic rings. The van der Waals surface area contributed by atoms with Crippen LogP contribution in [0.5, 0.6) is 0 Å². The van der Waals surface area contributed by atoms with Gasteiger partial charge in [-0.1, -0.05) is 0 Å². The van der Waals surface area contributed by atoms with E-state index in [2.05, 4.69) is 0 Å². The summed E-state index contributed by atoms with van der Waals surface area (Å²) in [5, 5.41) is 17.9. The Labute approximate surface area is 75.9 Å². The Morgan fingerprint density at radius 3 is 0.818 bits per heavy atom. The molecule has 0 rings (SSSR count). The molecule has 70 valence electrons. The number of hydrogen-bond acceptors (Lipinski definition) is 8. The standard InChI is InChI=1S/C2H2O4.4H2O.Ti/c3-1(4)2(5)6;;;;;/h(H,3,4)(H,5,6);4*1H2;/p-6. The molecule has 0 radical (unpaired) electrons. The van der Waals surface area contributed by atoms with Crippen LogP contribution in [0.3, 0.4) is 0 Å². The molecule has 4 N–H and O–H groups in total. The second-order valence-corrected chi connectivity index (χ2v) is 0.575. The van der Waals surface area contributed by atoms with Crippen LogP contribution >= 0.6 is 0 Å². The molecule has 0 aliphatic carbocycles. The predicted octanol–water partition coefficient (Wildman–Crippen LogP) is -4.22. The molecule has 0 aromatic rings. The quantitative estimate of drug-likeness (QED) is 0.278. The zero-order valence-electron chi connectivity index (χ0n) is 4.92. The van der Waals surface area contributed by atoms with Gasteiger partial charge in [0.2, 0.25) is 0 Å². The Hall–Kier alpha value is -0.506. The van der Waals surface area contributed by atoms with E-state index in [1.54, 1.807) is 0 Å². The Bertz CT molecular complexity index is 78.1. The van der Waals surface area contributed by atoms with Gasteiger partial charge in [-0.2, -0.15) is 0 Å². The third-order valence-corrected chi connectivity index (χ3v) is 0.167. The van der Waals surface area contributed by atoms with Gasteiger partial charge in [-0.3, -0.25) is 0 Å². The van der Waals surface area contributed by atoms with Crippen LogP contribution in [-0.4, -0.2) is 33.8 Å². The molecule has 9 heteroatoms. The first-order valence-electron chi connectivity index (χ1n) is 1.07. The van der Waals surface area contributed by atoms with Crippen molar-refractivity contribution in [3.8, 4) is 0 Å². The molecule has 0 bridgehead atoms. The monoisotopic (exact) mass is 204 g/mol. The number of rotatable bonds is 0. The van der Waals surface area contributed by atoms with E-state index in [-0.39, 0.29) is 43.6 Å². The van der Waals surface area contributed by atoms with E-state index in [0.29, 0.717) is 0 Å². The van der Waals surface area contributed by atoms with Gasteiger partial charge in [-0.15, -0.1) is 0 Å². The second kappa shape index (κ2) is 22.7. The third kappa shape index (κ3) is 43.7. The van der Waals surface area contributed by atoms with E-state index in [0.717, 1.165) is 0 Å². The second-order valence-electron chi connectivity index (χ2n) is 0.575. The number of hydrogen-bond donors (Lipinski definition) is 0. The minimum Gasteiger partial charge on any atom is -0.870 e. The summed E-state index contributed by atoms with van der Waals surface area (Å²) in [6.45, 7) is 0. The van der Waals surface area contributed by atoms with Gasteiger partial charge in [0.15, 0.2) is 0 Å². The van der Waals surface area contributed by atoms with Gasteiger partial charge in [0.25, 0.3) is 0 Å². The van der Waals surface area contributed by atoms with Crippen molar-refractivity contribution in [3.63, 3.8) is 0 Å². The average molecular weight is 204 g/mol. The molecule has 0 heterocycles. The maximum Gasteiger partial charge on any atom is 0.0870 e. The first-order valence-corrected chi connectivity index (χ1v) is 1.07. The molecule has 0 saturated heterocycles. The topological polar surface area (TPSA) is 200 Å². The van der Waals surface area contributed by atoms with Crippen molar-refractivity contribution in [1.29, 1.82) is 0 Å². The van der Waals surface area contributed by atoms with Crippen LogP contribution in [-0.2, 0) is 31.3 Å². The fourth-order valence-corrected chi connectivity index (χ4v) is 0. The van der Waals surface area contributed by atoms with Gasteiger partial charge in [-0.25, -0.2) is 0 Å². The Balaban J connectivity index is -0.0000000125.